The lowest BCUT2D eigenvalue weighted by Crippen LogP contribution is -2.42. The molecule has 2 unspecified atom stereocenters. The number of pyridine rings is 1. The van der Waals surface area contributed by atoms with E-state index in [1.165, 1.54) is 11.8 Å². The average molecular weight is 537 g/mol. The molecule has 0 saturated carbocycles. The monoisotopic (exact) mass is 536 g/mol. The second kappa shape index (κ2) is 11.1. The van der Waals surface area contributed by atoms with Crippen LogP contribution in [0, 0.1) is 30.1 Å². The van der Waals surface area contributed by atoms with Crippen LogP contribution in [-0.4, -0.2) is 39.9 Å². The van der Waals surface area contributed by atoms with E-state index in [-0.39, 0.29) is 17.0 Å². The lowest BCUT2D eigenvalue weighted by molar-refractivity contribution is -0.122. The van der Waals surface area contributed by atoms with Gasteiger partial charge in [0.25, 0.3) is 11.5 Å². The van der Waals surface area contributed by atoms with E-state index in [2.05, 4.69) is 24.8 Å². The van der Waals surface area contributed by atoms with Crippen molar-refractivity contribution in [3.8, 4) is 11.8 Å². The highest BCUT2D eigenvalue weighted by Gasteiger charge is 2.34. The molecule has 2 aliphatic heterocycles. The minimum Gasteiger partial charge on any atom is -0.497 e. The number of nitrogens with zero attached hydrogens (tertiary/aromatic N) is 4. The third-order valence-corrected chi connectivity index (χ3v) is 8.36. The maximum absolute atomic E-state index is 13.5. The maximum Gasteiger partial charge on any atom is 0.270 e. The Morgan fingerprint density at radius 3 is 2.41 bits per heavy atom. The van der Waals surface area contributed by atoms with Crippen LogP contribution in [0.25, 0.3) is 6.08 Å². The fourth-order valence-corrected chi connectivity index (χ4v) is 6.53. The second-order valence-corrected chi connectivity index (χ2v) is 11.5. The number of hydrogen-bond donors (Lipinski definition) is 0. The van der Waals surface area contributed by atoms with Gasteiger partial charge in [-0.05, 0) is 61.4 Å². The summed E-state index contributed by atoms with van der Waals surface area (Å²) in [6.45, 7) is 10.6. The van der Waals surface area contributed by atoms with Crippen molar-refractivity contribution in [3.05, 3.63) is 61.8 Å². The van der Waals surface area contributed by atoms with Crippen LogP contribution < -0.4 is 15.2 Å². The molecule has 194 valence electrons. The summed E-state index contributed by atoms with van der Waals surface area (Å²) in [5.74, 6) is 2.29. The number of piperidine rings is 1. The van der Waals surface area contributed by atoms with Gasteiger partial charge in [-0.2, -0.15) is 5.26 Å². The van der Waals surface area contributed by atoms with E-state index in [4.69, 9.17) is 17.0 Å². The molecule has 9 heteroatoms. The van der Waals surface area contributed by atoms with Crippen LogP contribution >= 0.6 is 24.0 Å². The highest BCUT2D eigenvalue weighted by molar-refractivity contribution is 8.26. The molecule has 1 aromatic heterocycles. The van der Waals surface area contributed by atoms with Crippen LogP contribution in [0.5, 0.6) is 5.75 Å². The van der Waals surface area contributed by atoms with Crippen molar-refractivity contribution < 1.29 is 9.53 Å². The minimum atomic E-state index is -0.285. The van der Waals surface area contributed by atoms with E-state index in [0.29, 0.717) is 39.7 Å². The van der Waals surface area contributed by atoms with Crippen LogP contribution in [-0.2, 0) is 17.9 Å². The van der Waals surface area contributed by atoms with Gasteiger partial charge in [0.15, 0.2) is 0 Å². The van der Waals surface area contributed by atoms with Gasteiger partial charge in [0, 0.05) is 25.2 Å². The SMILES string of the molecule is CCn1c(N2CC(C)CC(C)C2)c(/C=C2\SC(=S)N(Cc3ccc(OC)cc3)C2=O)c(C)c(C#N)c1=O. The molecule has 1 amide bonds. The van der Waals surface area contributed by atoms with Gasteiger partial charge >= 0.3 is 0 Å². The minimum absolute atomic E-state index is 0.115. The number of hydrogen-bond acceptors (Lipinski definition) is 7. The molecule has 0 bridgehead atoms. The molecule has 2 saturated heterocycles. The molecule has 1 aromatic carbocycles. The molecule has 2 atom stereocenters. The van der Waals surface area contributed by atoms with Crippen LogP contribution in [0.2, 0.25) is 0 Å². The van der Waals surface area contributed by atoms with E-state index in [1.54, 1.807) is 23.5 Å². The van der Waals surface area contributed by atoms with Crippen molar-refractivity contribution in [2.24, 2.45) is 11.8 Å². The Kier molecular flexibility index (Phi) is 8.10. The summed E-state index contributed by atoms with van der Waals surface area (Å²) in [4.78, 5) is 31.1. The fourth-order valence-electron chi connectivity index (χ4n) is 5.30. The number of anilines is 1. The summed E-state index contributed by atoms with van der Waals surface area (Å²) in [6, 6.07) is 9.65. The number of amides is 1. The second-order valence-electron chi connectivity index (χ2n) is 9.87. The van der Waals surface area contributed by atoms with E-state index in [1.807, 2.05) is 37.3 Å². The van der Waals surface area contributed by atoms with Gasteiger partial charge in [-0.25, -0.2) is 0 Å². The number of thiocarbonyl (C=S) groups is 1. The van der Waals surface area contributed by atoms with Gasteiger partial charge in [-0.15, -0.1) is 0 Å². The van der Waals surface area contributed by atoms with Crippen LogP contribution in [0.15, 0.2) is 34.0 Å². The summed E-state index contributed by atoms with van der Waals surface area (Å²) in [5.41, 5.74) is 2.11. The standard InChI is InChI=1S/C28H32N4O3S2/c1-6-31-25(30-14-17(2)11-18(3)15-30)22(19(4)23(13-29)26(31)33)12-24-27(34)32(28(36)37-24)16-20-7-9-21(35-5)10-8-20/h7-10,12,17-18H,6,11,14-16H2,1-5H3/b24-12-. The van der Waals surface area contributed by atoms with Gasteiger partial charge in [0.05, 0.1) is 18.6 Å². The maximum atomic E-state index is 13.5. The largest absolute Gasteiger partial charge is 0.497 e. The molecule has 2 aliphatic rings. The summed E-state index contributed by atoms with van der Waals surface area (Å²) >= 11 is 6.84. The first kappa shape index (κ1) is 27.0. The zero-order valence-corrected chi connectivity index (χ0v) is 23.5. The number of ether oxygens (including phenoxy) is 1. The van der Waals surface area contributed by atoms with Crippen molar-refractivity contribution >= 4 is 46.1 Å². The molecule has 4 rings (SSSR count). The number of rotatable bonds is 6. The third kappa shape index (κ3) is 5.32. The number of aromatic nitrogens is 1. The first-order valence-corrected chi connectivity index (χ1v) is 13.7. The lowest BCUT2D eigenvalue weighted by atomic mass is 9.91. The Balaban J connectivity index is 1.78. The third-order valence-electron chi connectivity index (χ3n) is 6.98. The molecule has 0 N–H and O–H groups in total. The summed E-state index contributed by atoms with van der Waals surface area (Å²) < 4.78 is 7.39. The molecular formula is C28H32N4O3S2. The van der Waals surface area contributed by atoms with Crippen molar-refractivity contribution in [3.63, 3.8) is 0 Å². The Morgan fingerprint density at radius 1 is 1.19 bits per heavy atom. The summed E-state index contributed by atoms with van der Waals surface area (Å²) in [5, 5.41) is 9.82. The normalized spacial score (nSPS) is 21.0. The van der Waals surface area contributed by atoms with Crippen LogP contribution in [0.4, 0.5) is 5.82 Å². The highest BCUT2D eigenvalue weighted by atomic mass is 32.2. The van der Waals surface area contributed by atoms with Gasteiger partial charge in [-0.3, -0.25) is 19.1 Å². The molecule has 7 nitrogen and oxygen atoms in total. The van der Waals surface area contributed by atoms with Crippen molar-refractivity contribution in [2.45, 2.75) is 47.2 Å². The quantitative estimate of drug-likeness (QED) is 0.382. The van der Waals surface area contributed by atoms with Gasteiger partial charge < -0.3 is 9.64 Å². The van der Waals surface area contributed by atoms with Crippen molar-refractivity contribution in [2.75, 3.05) is 25.1 Å². The molecule has 37 heavy (non-hydrogen) atoms. The number of thioether (sulfide) groups is 1. The summed E-state index contributed by atoms with van der Waals surface area (Å²) in [6.07, 6.45) is 2.95. The molecule has 0 spiro atoms. The van der Waals surface area contributed by atoms with E-state index >= 15 is 0 Å². The fraction of sp³-hybridized carbons (Fsp3) is 0.429. The van der Waals surface area contributed by atoms with Gasteiger partial charge in [0.1, 0.15) is 27.5 Å². The Bertz CT molecular complexity index is 1350. The first-order chi connectivity index (χ1) is 17.7. The number of benzene rings is 1. The molecule has 3 heterocycles. The van der Waals surface area contributed by atoms with E-state index < -0.39 is 0 Å². The number of nitriles is 1. The highest BCUT2D eigenvalue weighted by Crippen LogP contribution is 2.38. The van der Waals surface area contributed by atoms with Gasteiger partial charge in [-0.1, -0.05) is 50.0 Å². The van der Waals surface area contributed by atoms with E-state index in [0.717, 1.165) is 42.2 Å². The van der Waals surface area contributed by atoms with Crippen molar-refractivity contribution in [1.82, 2.24) is 9.47 Å². The molecular weight excluding hydrogens is 504 g/mol. The first-order valence-electron chi connectivity index (χ1n) is 12.5. The Labute approximate surface area is 227 Å². The van der Waals surface area contributed by atoms with E-state index in [9.17, 15) is 14.9 Å². The molecule has 2 aromatic rings. The predicted molar refractivity (Wildman–Crippen MR) is 153 cm³/mol. The topological polar surface area (TPSA) is 78.6 Å². The van der Waals surface area contributed by atoms with Crippen LogP contribution in [0.3, 0.4) is 0 Å². The number of carbonyl (C=O) groups is 1. The number of methoxy groups -OCH3 is 1. The van der Waals surface area contributed by atoms with Crippen molar-refractivity contribution in [1.29, 1.82) is 5.26 Å². The summed E-state index contributed by atoms with van der Waals surface area (Å²) in [7, 11) is 1.61. The Morgan fingerprint density at radius 2 is 1.84 bits per heavy atom. The van der Waals surface area contributed by atoms with Gasteiger partial charge in [0.2, 0.25) is 0 Å². The molecule has 2 fully saturated rings. The number of carbonyl (C=O) groups excluding carboxylic acids is 1. The molecule has 0 radical (unpaired) electrons. The molecule has 0 aliphatic carbocycles. The lowest BCUT2D eigenvalue weighted by Gasteiger charge is -2.38. The Hall–Kier alpha value is -3.09. The zero-order chi connectivity index (χ0) is 26.9. The average Bonchev–Trinajstić information content (AvgIpc) is 3.12. The zero-order valence-electron chi connectivity index (χ0n) is 21.9. The predicted octanol–water partition coefficient (Wildman–Crippen LogP) is 4.94. The van der Waals surface area contributed by atoms with Crippen LogP contribution in [0.1, 0.15) is 49.4 Å². The smallest absolute Gasteiger partial charge is 0.270 e.